The Kier molecular flexibility index (Phi) is 5.05. The van der Waals surface area contributed by atoms with Crippen molar-refractivity contribution in [3.05, 3.63) is 70.2 Å². The lowest BCUT2D eigenvalue weighted by atomic mass is 9.79. The molecule has 13 heteroatoms. The lowest BCUT2D eigenvalue weighted by molar-refractivity contribution is -0.492. The monoisotopic (exact) mass is 439 g/mol. The number of nitrogens with zero attached hydrogens (tertiary/aromatic N) is 1. The molecule has 1 aliphatic rings. The minimum atomic E-state index is -6.24. The molecule has 162 valence electrons. The second-order valence-electron chi connectivity index (χ2n) is 6.29. The highest BCUT2D eigenvalue weighted by molar-refractivity contribution is 5.85. The van der Waals surface area contributed by atoms with Gasteiger partial charge in [0.1, 0.15) is 11.7 Å². The van der Waals surface area contributed by atoms with Gasteiger partial charge in [0.05, 0.1) is 6.26 Å². The second-order valence-corrected chi connectivity index (χ2v) is 6.29. The smallest absolute Gasteiger partial charge is 0.465 e. The number of carbonyl (C=O) groups is 1. The van der Waals surface area contributed by atoms with Crippen molar-refractivity contribution in [2.45, 2.75) is 29.7 Å². The van der Waals surface area contributed by atoms with Gasteiger partial charge in [0.2, 0.25) is 12.1 Å². The molecule has 2 aromatic rings. The van der Waals surface area contributed by atoms with Crippen LogP contribution in [0.5, 0.6) is 0 Å². The Labute approximate surface area is 163 Å². The Bertz CT molecular complexity index is 912. The third-order valence-corrected chi connectivity index (χ3v) is 4.50. The molecule has 0 bridgehead atoms. The molecule has 0 amide bonds. The number of ether oxygens (including phenoxy) is 2. The zero-order chi connectivity index (χ0) is 22.4. The summed E-state index contributed by atoms with van der Waals surface area (Å²) in [6.45, 7) is -1.29. The quantitative estimate of drug-likeness (QED) is 0.304. The molecule has 0 radical (unpaired) electrons. The van der Waals surface area contributed by atoms with Crippen LogP contribution in [0.2, 0.25) is 0 Å². The second kappa shape index (κ2) is 7.00. The van der Waals surface area contributed by atoms with Crippen LogP contribution in [0.25, 0.3) is 0 Å². The fraction of sp³-hybridized carbons (Fsp3) is 0.353. The molecule has 0 unspecified atom stereocenters. The number of hydrogen-bond donors (Lipinski definition) is 0. The molecule has 2 atom stereocenters. The number of nitro groups is 1. The van der Waals surface area contributed by atoms with Crippen molar-refractivity contribution in [2.24, 2.45) is 0 Å². The van der Waals surface area contributed by atoms with E-state index in [2.05, 4.69) is 9.47 Å². The first-order chi connectivity index (χ1) is 13.8. The maximum Gasteiger partial charge on any atom is 0.465 e. The summed E-state index contributed by atoms with van der Waals surface area (Å²) in [5.41, 5.74) is -3.68. The molecular formula is C17H11F6NO6. The summed E-state index contributed by atoms with van der Waals surface area (Å²) >= 11 is 0. The predicted molar refractivity (Wildman–Crippen MR) is 83.4 cm³/mol. The molecule has 30 heavy (non-hydrogen) atoms. The van der Waals surface area contributed by atoms with Crippen molar-refractivity contribution in [2.75, 3.05) is 6.54 Å². The van der Waals surface area contributed by atoms with Crippen molar-refractivity contribution < 1.29 is 50.0 Å². The summed E-state index contributed by atoms with van der Waals surface area (Å²) in [5.74, 6) is -9.86. The molecule has 7 nitrogen and oxygen atoms in total. The summed E-state index contributed by atoms with van der Waals surface area (Å²) < 4.78 is 94.5. The van der Waals surface area contributed by atoms with Gasteiger partial charge in [-0.15, -0.1) is 0 Å². The Morgan fingerprint density at radius 1 is 1.00 bits per heavy atom. The number of rotatable bonds is 5. The van der Waals surface area contributed by atoms with Crippen LogP contribution >= 0.6 is 0 Å². The molecule has 1 aliphatic heterocycles. The topological polar surface area (TPSA) is 91.8 Å². The molecule has 0 aliphatic carbocycles. The van der Waals surface area contributed by atoms with Crippen LogP contribution in [0.4, 0.5) is 26.3 Å². The van der Waals surface area contributed by atoms with Crippen LogP contribution in [-0.2, 0) is 19.9 Å². The van der Waals surface area contributed by atoms with E-state index in [1.165, 1.54) is 24.3 Å². The number of benzene rings is 1. The summed E-state index contributed by atoms with van der Waals surface area (Å²) in [7, 11) is 0. The van der Waals surface area contributed by atoms with E-state index in [-0.39, 0.29) is 0 Å². The van der Waals surface area contributed by atoms with Crippen LogP contribution in [-0.4, -0.2) is 35.6 Å². The van der Waals surface area contributed by atoms with Gasteiger partial charge in [0, 0.05) is 4.92 Å². The number of hydrogen-bond acceptors (Lipinski definition) is 6. The molecule has 0 spiro atoms. The summed E-state index contributed by atoms with van der Waals surface area (Å²) in [6.07, 6.45) is -11.5. The van der Waals surface area contributed by atoms with E-state index in [1.807, 2.05) is 0 Å². The molecule has 1 saturated heterocycles. The fourth-order valence-corrected chi connectivity index (χ4v) is 3.22. The van der Waals surface area contributed by atoms with Gasteiger partial charge >= 0.3 is 24.1 Å². The molecule has 2 heterocycles. The number of cyclic esters (lactones) is 1. The zero-order valence-electron chi connectivity index (χ0n) is 14.6. The van der Waals surface area contributed by atoms with Gasteiger partial charge in [-0.2, -0.15) is 26.3 Å². The van der Waals surface area contributed by atoms with Crippen molar-refractivity contribution in [1.29, 1.82) is 0 Å². The third-order valence-electron chi connectivity index (χ3n) is 4.50. The van der Waals surface area contributed by atoms with Crippen LogP contribution in [0, 0.1) is 10.1 Å². The van der Waals surface area contributed by atoms with Crippen LogP contribution < -0.4 is 0 Å². The largest absolute Gasteiger partial charge is 0.469 e. The lowest BCUT2D eigenvalue weighted by Crippen LogP contribution is -2.59. The van der Waals surface area contributed by atoms with Crippen molar-refractivity contribution in [3.8, 4) is 0 Å². The van der Waals surface area contributed by atoms with E-state index in [9.17, 15) is 41.3 Å². The number of alkyl halides is 6. The number of esters is 1. The summed E-state index contributed by atoms with van der Waals surface area (Å²) in [6, 6.07) is 8.05. The highest BCUT2D eigenvalue weighted by atomic mass is 19.4. The Balaban J connectivity index is 2.31. The molecule has 3 rings (SSSR count). The normalized spacial score (nSPS) is 22.5. The van der Waals surface area contributed by atoms with Gasteiger partial charge in [-0.3, -0.25) is 10.1 Å². The molecular weight excluding hydrogens is 428 g/mol. The van der Waals surface area contributed by atoms with E-state index in [1.54, 1.807) is 0 Å². The van der Waals surface area contributed by atoms with Gasteiger partial charge < -0.3 is 13.9 Å². The highest BCUT2D eigenvalue weighted by Crippen LogP contribution is 2.58. The van der Waals surface area contributed by atoms with Gasteiger partial charge in [-0.1, -0.05) is 30.3 Å². The Hall–Kier alpha value is -3.09. The van der Waals surface area contributed by atoms with Crippen molar-refractivity contribution in [1.82, 2.24) is 0 Å². The van der Waals surface area contributed by atoms with E-state index < -0.39 is 58.4 Å². The first-order valence-corrected chi connectivity index (χ1v) is 8.13. The molecule has 1 aromatic carbocycles. The Morgan fingerprint density at radius 3 is 2.03 bits per heavy atom. The van der Waals surface area contributed by atoms with Crippen molar-refractivity contribution >= 4 is 5.97 Å². The number of halogens is 6. The molecule has 1 fully saturated rings. The van der Waals surface area contributed by atoms with Crippen LogP contribution in [0.15, 0.2) is 53.1 Å². The van der Waals surface area contributed by atoms with E-state index in [0.717, 1.165) is 24.5 Å². The Morgan fingerprint density at radius 2 is 1.60 bits per heavy atom. The van der Waals surface area contributed by atoms with E-state index in [4.69, 9.17) is 4.42 Å². The summed E-state index contributed by atoms with van der Waals surface area (Å²) in [4.78, 5) is 22.9. The highest BCUT2D eigenvalue weighted by Gasteiger charge is 2.84. The molecule has 1 aromatic heterocycles. The van der Waals surface area contributed by atoms with Crippen LogP contribution in [0.1, 0.15) is 17.2 Å². The average molecular weight is 439 g/mol. The minimum Gasteiger partial charge on any atom is -0.469 e. The van der Waals surface area contributed by atoms with E-state index >= 15 is 0 Å². The standard InChI is InChI=1S/C17H11F6NO6/c18-16(19,20)15(17(21,22)23)29-13(25)14(30-15,10-5-2-1-3-6-10)11(9-24(26)27)12-7-4-8-28-12/h1-8,11H,9H2/t11-,14-/m0/s1. The predicted octanol–water partition coefficient (Wildman–Crippen LogP) is 3.93. The van der Waals surface area contributed by atoms with E-state index in [0.29, 0.717) is 0 Å². The maximum absolute atomic E-state index is 13.5. The van der Waals surface area contributed by atoms with Gasteiger partial charge in [-0.05, 0) is 17.7 Å². The fourth-order valence-electron chi connectivity index (χ4n) is 3.22. The molecule has 0 saturated carbocycles. The minimum absolute atomic E-state index is 0.437. The summed E-state index contributed by atoms with van der Waals surface area (Å²) in [5, 5.41) is 11.2. The van der Waals surface area contributed by atoms with Crippen LogP contribution in [0.3, 0.4) is 0 Å². The van der Waals surface area contributed by atoms with Gasteiger partial charge in [-0.25, -0.2) is 4.79 Å². The van der Waals surface area contributed by atoms with Crippen molar-refractivity contribution in [3.63, 3.8) is 0 Å². The average Bonchev–Trinajstić information content (AvgIpc) is 3.26. The maximum atomic E-state index is 13.5. The lowest BCUT2D eigenvalue weighted by Gasteiger charge is -2.34. The molecule has 0 N–H and O–H groups in total. The van der Waals surface area contributed by atoms with Gasteiger partial charge in [0.15, 0.2) is 0 Å². The first kappa shape index (κ1) is 21.6. The first-order valence-electron chi connectivity index (χ1n) is 8.13. The third kappa shape index (κ3) is 3.18. The van der Waals surface area contributed by atoms with Gasteiger partial charge in [0.25, 0.3) is 0 Å². The number of carbonyl (C=O) groups excluding carboxylic acids is 1. The zero-order valence-corrected chi connectivity index (χ0v) is 14.6. The number of furan rings is 1. The SMILES string of the molecule is O=C1OC(C(F)(F)F)(C(F)(F)F)O[C@@]1(c1ccccc1)[C@@H](C[N+](=O)[O-])c1ccco1.